The number of carbonyl (C=O) groups excluding carboxylic acids is 2. The fraction of sp³-hybridized carbons (Fsp3) is 0.320. The normalized spacial score (nSPS) is 12.4. The van der Waals surface area contributed by atoms with E-state index in [0.29, 0.717) is 21.8 Å². The van der Waals surface area contributed by atoms with E-state index in [0.717, 1.165) is 22.5 Å². The lowest BCUT2D eigenvalue weighted by Gasteiger charge is -2.17. The van der Waals surface area contributed by atoms with Gasteiger partial charge in [-0.1, -0.05) is 49.3 Å². The monoisotopic (exact) mass is 549 g/mol. The molecule has 3 rings (SSSR count). The smallest absolute Gasteiger partial charge is 0.267 e. The lowest BCUT2D eigenvalue weighted by atomic mass is 9.94. The first kappa shape index (κ1) is 27.6. The molecule has 0 spiro atoms. The number of Topliss-reactive ketones (excluding diaryl/α,β-unsaturated/α-hetero) is 1. The number of sulfone groups is 1. The number of nitrogens with zero attached hydrogens (tertiary/aromatic N) is 1. The van der Waals surface area contributed by atoms with Crippen molar-refractivity contribution in [1.82, 2.24) is 5.16 Å². The molecule has 1 aromatic carbocycles. The Hall–Kier alpha value is -2.95. The van der Waals surface area contributed by atoms with Gasteiger partial charge < -0.3 is 15.2 Å². The Balaban J connectivity index is 2.02. The van der Waals surface area contributed by atoms with E-state index in [-0.39, 0.29) is 32.4 Å². The number of halogens is 1. The van der Waals surface area contributed by atoms with Crippen molar-refractivity contribution in [3.05, 3.63) is 68.0 Å². The van der Waals surface area contributed by atoms with Crippen LogP contribution in [0.15, 0.2) is 40.3 Å². The number of thiophene rings is 1. The fourth-order valence-electron chi connectivity index (χ4n) is 3.70. The van der Waals surface area contributed by atoms with Gasteiger partial charge >= 0.3 is 0 Å². The maximum Gasteiger partial charge on any atom is 0.267 e. The van der Waals surface area contributed by atoms with E-state index in [1.54, 1.807) is 40.7 Å². The highest BCUT2D eigenvalue weighted by atomic mass is 35.5. The van der Waals surface area contributed by atoms with Gasteiger partial charge in [-0.3, -0.25) is 9.59 Å². The zero-order chi connectivity index (χ0) is 26.9. The van der Waals surface area contributed by atoms with Gasteiger partial charge in [0.05, 0.1) is 10.6 Å². The summed E-state index contributed by atoms with van der Waals surface area (Å²) in [5, 5.41) is 7.99. The molecule has 8 nitrogen and oxygen atoms in total. The van der Waals surface area contributed by atoms with Crippen LogP contribution in [0.5, 0.6) is 0 Å². The third-order valence-electron chi connectivity index (χ3n) is 5.45. The second kappa shape index (κ2) is 10.6. The van der Waals surface area contributed by atoms with Gasteiger partial charge in [0.15, 0.2) is 11.2 Å². The van der Waals surface area contributed by atoms with Crippen LogP contribution in [-0.2, 0) is 9.84 Å². The van der Waals surface area contributed by atoms with Crippen LogP contribution in [0, 0.1) is 33.6 Å². The van der Waals surface area contributed by atoms with E-state index < -0.39 is 21.1 Å². The predicted octanol–water partition coefficient (Wildman–Crippen LogP) is 6.11. The largest absolute Gasteiger partial charge is 0.337 e. The number of amides is 1. The molecule has 0 bridgehead atoms. The van der Waals surface area contributed by atoms with Crippen LogP contribution in [0.3, 0.4) is 0 Å². The average molecular weight is 550 g/mol. The molecule has 36 heavy (non-hydrogen) atoms. The summed E-state index contributed by atoms with van der Waals surface area (Å²) in [5.74, 6) is -1.06. The summed E-state index contributed by atoms with van der Waals surface area (Å²) in [6.45, 7) is 14.2. The van der Waals surface area contributed by atoms with Gasteiger partial charge in [0.25, 0.3) is 5.91 Å². The molecular weight excluding hydrogens is 522 g/mol. The van der Waals surface area contributed by atoms with Crippen molar-refractivity contribution in [1.29, 1.82) is 0 Å². The predicted molar refractivity (Wildman–Crippen MR) is 143 cm³/mol. The molecule has 0 aliphatic rings. The lowest BCUT2D eigenvalue weighted by Crippen LogP contribution is -2.29. The standard InChI is InChI=1S/C25H28ClN3O5S2/c1-8-19(28-25-21(26)16(7)29-34-25)36(32,33)18-11-15(6)35-23(18)24(31)27-17-10-13(4)9-14(5)20(17)22(30)12(2)3/h8-12,19,28H,1H2,2-7H3,(H,27,31). The van der Waals surface area contributed by atoms with Crippen LogP contribution in [0.2, 0.25) is 5.02 Å². The van der Waals surface area contributed by atoms with Crippen molar-refractivity contribution in [2.75, 3.05) is 10.6 Å². The SMILES string of the molecule is C=CC(Nc1onc(C)c1Cl)S(=O)(=O)c1cc(C)sc1C(=O)Nc1cc(C)cc(C)c1C(=O)C(C)C. The van der Waals surface area contributed by atoms with Crippen LogP contribution >= 0.6 is 22.9 Å². The van der Waals surface area contributed by atoms with Crippen LogP contribution in [0.4, 0.5) is 11.6 Å². The number of rotatable bonds is 9. The number of benzene rings is 1. The molecule has 2 N–H and O–H groups in total. The molecule has 3 aromatic rings. The molecule has 1 atom stereocenters. The number of carbonyl (C=O) groups is 2. The Morgan fingerprint density at radius 3 is 2.39 bits per heavy atom. The average Bonchev–Trinajstić information content (AvgIpc) is 3.34. The van der Waals surface area contributed by atoms with Gasteiger partial charge in [-0.2, -0.15) is 0 Å². The molecular formula is C25H28ClN3O5S2. The van der Waals surface area contributed by atoms with E-state index in [1.165, 1.54) is 12.1 Å². The summed E-state index contributed by atoms with van der Waals surface area (Å²) in [5.41, 5.74) is 2.73. The maximum atomic E-state index is 13.6. The van der Waals surface area contributed by atoms with Gasteiger partial charge in [-0.05, 0) is 51.0 Å². The van der Waals surface area contributed by atoms with E-state index in [1.807, 2.05) is 13.0 Å². The highest BCUT2D eigenvalue weighted by Crippen LogP contribution is 2.33. The van der Waals surface area contributed by atoms with Crippen molar-refractivity contribution in [3.8, 4) is 0 Å². The van der Waals surface area contributed by atoms with Crippen LogP contribution in [-0.4, -0.2) is 30.6 Å². The number of hydrogen-bond acceptors (Lipinski definition) is 8. The molecule has 0 radical (unpaired) electrons. The lowest BCUT2D eigenvalue weighted by molar-refractivity contribution is 0.0939. The summed E-state index contributed by atoms with van der Waals surface area (Å²) in [4.78, 5) is 26.7. The van der Waals surface area contributed by atoms with Crippen molar-refractivity contribution >= 4 is 56.0 Å². The molecule has 2 aromatic heterocycles. The number of aromatic nitrogens is 1. The molecule has 0 fully saturated rings. The number of hydrogen-bond donors (Lipinski definition) is 2. The van der Waals surface area contributed by atoms with Crippen molar-refractivity contribution < 1.29 is 22.5 Å². The third-order valence-corrected chi connectivity index (χ3v) is 8.98. The Morgan fingerprint density at radius 1 is 1.17 bits per heavy atom. The van der Waals surface area contributed by atoms with E-state index in [2.05, 4.69) is 22.4 Å². The molecule has 1 amide bonds. The zero-order valence-electron chi connectivity index (χ0n) is 20.9. The summed E-state index contributed by atoms with van der Waals surface area (Å²) in [7, 11) is -4.15. The van der Waals surface area contributed by atoms with Crippen LogP contribution < -0.4 is 10.6 Å². The van der Waals surface area contributed by atoms with E-state index >= 15 is 0 Å². The van der Waals surface area contributed by atoms with E-state index in [9.17, 15) is 18.0 Å². The number of nitrogens with one attached hydrogen (secondary N) is 2. The van der Waals surface area contributed by atoms with E-state index in [4.69, 9.17) is 16.1 Å². The van der Waals surface area contributed by atoms with Crippen molar-refractivity contribution in [2.24, 2.45) is 5.92 Å². The molecule has 0 saturated heterocycles. The third kappa shape index (κ3) is 5.40. The quantitative estimate of drug-likeness (QED) is 0.244. The van der Waals surface area contributed by atoms with Gasteiger partial charge in [-0.25, -0.2) is 8.42 Å². The summed E-state index contributed by atoms with van der Waals surface area (Å²) in [6, 6.07) is 5.01. The van der Waals surface area contributed by atoms with Crippen molar-refractivity contribution in [3.63, 3.8) is 0 Å². The van der Waals surface area contributed by atoms with Crippen molar-refractivity contribution in [2.45, 2.75) is 51.8 Å². The first-order valence-corrected chi connectivity index (χ1v) is 13.8. The topological polar surface area (TPSA) is 118 Å². The minimum atomic E-state index is -4.15. The Kier molecular flexibility index (Phi) is 8.12. The first-order chi connectivity index (χ1) is 16.8. The second-order valence-corrected chi connectivity index (χ2v) is 12.5. The Morgan fingerprint density at radius 2 is 1.83 bits per heavy atom. The molecule has 0 aliphatic heterocycles. The zero-order valence-corrected chi connectivity index (χ0v) is 23.2. The molecule has 192 valence electrons. The molecule has 1 unspecified atom stereocenters. The highest BCUT2D eigenvalue weighted by Gasteiger charge is 2.33. The maximum absolute atomic E-state index is 13.6. The fourth-order valence-corrected chi connectivity index (χ4v) is 6.65. The Labute approximate surface area is 219 Å². The first-order valence-electron chi connectivity index (χ1n) is 11.1. The van der Waals surface area contributed by atoms with Crippen LogP contribution in [0.1, 0.15) is 55.6 Å². The molecule has 2 heterocycles. The van der Waals surface area contributed by atoms with Gasteiger partial charge in [-0.15, -0.1) is 11.3 Å². The van der Waals surface area contributed by atoms with Gasteiger partial charge in [0.1, 0.15) is 15.6 Å². The number of ketones is 1. The number of aryl methyl sites for hydroxylation is 4. The molecule has 11 heteroatoms. The summed E-state index contributed by atoms with van der Waals surface area (Å²) in [6.07, 6.45) is 1.18. The minimum Gasteiger partial charge on any atom is -0.337 e. The Bertz CT molecular complexity index is 1450. The second-order valence-electron chi connectivity index (χ2n) is 8.78. The highest BCUT2D eigenvalue weighted by molar-refractivity contribution is 7.92. The van der Waals surface area contributed by atoms with Gasteiger partial charge in [0, 0.05) is 16.4 Å². The summed E-state index contributed by atoms with van der Waals surface area (Å²) < 4.78 is 32.3. The summed E-state index contributed by atoms with van der Waals surface area (Å²) >= 11 is 7.17. The molecule has 0 aliphatic carbocycles. The van der Waals surface area contributed by atoms with Crippen LogP contribution in [0.25, 0.3) is 0 Å². The molecule has 0 saturated carbocycles. The van der Waals surface area contributed by atoms with Gasteiger partial charge in [0.2, 0.25) is 15.7 Å². The minimum absolute atomic E-state index is 0.0110. The number of anilines is 2.